The zero-order valence-electron chi connectivity index (χ0n) is 18.5. The Bertz CT molecular complexity index is 1360. The molecule has 0 saturated heterocycles. The smallest absolute Gasteiger partial charge is 0.307 e. The number of esters is 1. The Labute approximate surface area is 191 Å². The van der Waals surface area contributed by atoms with Crippen LogP contribution in [0, 0.1) is 0 Å². The molecule has 0 aliphatic carbocycles. The van der Waals surface area contributed by atoms with Crippen LogP contribution in [-0.2, 0) is 9.53 Å². The van der Waals surface area contributed by atoms with Crippen molar-refractivity contribution in [2.24, 2.45) is 0 Å². The van der Waals surface area contributed by atoms with Crippen molar-refractivity contribution in [3.63, 3.8) is 0 Å². The van der Waals surface area contributed by atoms with Gasteiger partial charge in [-0.1, -0.05) is 48.5 Å². The van der Waals surface area contributed by atoms with Crippen molar-refractivity contribution in [2.75, 3.05) is 20.8 Å². The molecule has 1 N–H and O–H groups in total. The second kappa shape index (κ2) is 8.47. The highest BCUT2D eigenvalue weighted by atomic mass is 16.5. The third kappa shape index (κ3) is 3.53. The molecule has 6 nitrogen and oxygen atoms in total. The number of methoxy groups -OCH3 is 2. The van der Waals surface area contributed by atoms with Crippen LogP contribution < -0.4 is 4.74 Å². The zero-order chi connectivity index (χ0) is 22.9. The first-order chi connectivity index (χ1) is 16.1. The standard InChI is InChI=1S/C27H24N2O4/c1-32-18-9-7-8-17(16-18)25-24(21-12-5-6-13-22(21)28-25)26-19-10-3-4-11-20(19)27(31)29(26)15-14-23(30)33-2/h3-13,16,26,28H,14-15H2,1-2H3/t26-/m0/s1. The highest BCUT2D eigenvalue weighted by molar-refractivity contribution is 6.02. The average Bonchev–Trinajstić information content (AvgIpc) is 3.37. The van der Waals surface area contributed by atoms with Gasteiger partial charge in [0.2, 0.25) is 0 Å². The molecular formula is C27H24N2O4. The van der Waals surface area contributed by atoms with Crippen molar-refractivity contribution in [1.82, 2.24) is 9.88 Å². The monoisotopic (exact) mass is 440 g/mol. The van der Waals surface area contributed by atoms with E-state index in [0.29, 0.717) is 5.56 Å². The van der Waals surface area contributed by atoms with Crippen LogP contribution in [0.15, 0.2) is 72.8 Å². The molecule has 3 aromatic carbocycles. The van der Waals surface area contributed by atoms with E-state index in [9.17, 15) is 9.59 Å². The minimum absolute atomic E-state index is 0.0821. The predicted molar refractivity (Wildman–Crippen MR) is 126 cm³/mol. The number of benzene rings is 3. The molecule has 2 heterocycles. The lowest BCUT2D eigenvalue weighted by atomic mass is 9.93. The molecule has 6 heteroatoms. The summed E-state index contributed by atoms with van der Waals surface area (Å²) >= 11 is 0. The van der Waals surface area contributed by atoms with Crippen LogP contribution in [-0.4, -0.2) is 42.5 Å². The number of amides is 1. The third-order valence-electron chi connectivity index (χ3n) is 6.22. The molecule has 166 valence electrons. The highest BCUT2D eigenvalue weighted by Gasteiger charge is 2.40. The first-order valence-electron chi connectivity index (χ1n) is 10.8. The summed E-state index contributed by atoms with van der Waals surface area (Å²) in [6.45, 7) is 0.266. The number of H-pyrrole nitrogens is 1. The first kappa shape index (κ1) is 20.8. The van der Waals surface area contributed by atoms with Crippen molar-refractivity contribution in [2.45, 2.75) is 12.5 Å². The number of rotatable bonds is 6. The lowest BCUT2D eigenvalue weighted by Crippen LogP contribution is -2.31. The molecule has 0 radical (unpaired) electrons. The third-order valence-corrected chi connectivity index (χ3v) is 6.22. The Morgan fingerprint density at radius 3 is 2.61 bits per heavy atom. The van der Waals surface area contributed by atoms with Crippen LogP contribution in [0.25, 0.3) is 22.2 Å². The molecule has 0 saturated carbocycles. The molecular weight excluding hydrogens is 416 g/mol. The van der Waals surface area contributed by atoms with Gasteiger partial charge in [0, 0.05) is 34.1 Å². The Balaban J connectivity index is 1.73. The molecule has 0 bridgehead atoms. The summed E-state index contributed by atoms with van der Waals surface area (Å²) in [5, 5.41) is 1.04. The molecule has 5 rings (SSSR count). The average molecular weight is 440 g/mol. The van der Waals surface area contributed by atoms with Crippen LogP contribution in [0.3, 0.4) is 0 Å². The molecule has 1 aliphatic heterocycles. The maximum absolute atomic E-state index is 13.4. The summed E-state index contributed by atoms with van der Waals surface area (Å²) in [6, 6.07) is 23.3. The van der Waals surface area contributed by atoms with Gasteiger partial charge in [-0.3, -0.25) is 9.59 Å². The quantitative estimate of drug-likeness (QED) is 0.431. The van der Waals surface area contributed by atoms with E-state index in [-0.39, 0.29) is 30.9 Å². The minimum atomic E-state index is -0.343. The van der Waals surface area contributed by atoms with E-state index in [1.54, 1.807) is 12.0 Å². The molecule has 1 amide bonds. The number of fused-ring (bicyclic) bond motifs is 2. The van der Waals surface area contributed by atoms with E-state index in [4.69, 9.17) is 9.47 Å². The Hall–Kier alpha value is -4.06. The SMILES string of the molecule is COC(=O)CCN1C(=O)c2ccccc2[C@H]1c1c(-c2cccc(OC)c2)[nH]c2ccccc12. The number of nitrogens with zero attached hydrogens (tertiary/aromatic N) is 1. The largest absolute Gasteiger partial charge is 0.497 e. The van der Waals surface area contributed by atoms with Gasteiger partial charge >= 0.3 is 5.97 Å². The van der Waals surface area contributed by atoms with Gasteiger partial charge in [0.15, 0.2) is 0 Å². The fourth-order valence-electron chi connectivity index (χ4n) is 4.68. The Kier molecular flexibility index (Phi) is 5.34. The fourth-order valence-corrected chi connectivity index (χ4v) is 4.68. The lowest BCUT2D eigenvalue weighted by Gasteiger charge is -2.26. The first-order valence-corrected chi connectivity index (χ1v) is 10.8. The Morgan fingerprint density at radius 2 is 1.79 bits per heavy atom. The van der Waals surface area contributed by atoms with E-state index >= 15 is 0 Å². The topological polar surface area (TPSA) is 71.6 Å². The van der Waals surface area contributed by atoms with Gasteiger partial charge < -0.3 is 19.4 Å². The Morgan fingerprint density at radius 1 is 1.00 bits per heavy atom. The lowest BCUT2D eigenvalue weighted by molar-refractivity contribution is -0.140. The van der Waals surface area contributed by atoms with Crippen molar-refractivity contribution < 1.29 is 19.1 Å². The van der Waals surface area contributed by atoms with E-state index < -0.39 is 0 Å². The number of nitrogens with one attached hydrogen (secondary N) is 1. The van der Waals surface area contributed by atoms with Crippen molar-refractivity contribution in [3.8, 4) is 17.0 Å². The normalized spacial score (nSPS) is 15.0. The van der Waals surface area contributed by atoms with Crippen LogP contribution in [0.4, 0.5) is 0 Å². The summed E-state index contributed by atoms with van der Waals surface area (Å²) < 4.78 is 10.3. The number of ether oxygens (including phenoxy) is 2. The fraction of sp³-hybridized carbons (Fsp3) is 0.185. The minimum Gasteiger partial charge on any atom is -0.497 e. The van der Waals surface area contributed by atoms with E-state index in [2.05, 4.69) is 11.1 Å². The number of aromatic nitrogens is 1. The van der Waals surface area contributed by atoms with Gasteiger partial charge in [-0.05, 0) is 29.8 Å². The van der Waals surface area contributed by atoms with Gasteiger partial charge in [0.05, 0.1) is 32.4 Å². The number of hydrogen-bond acceptors (Lipinski definition) is 4. The molecule has 33 heavy (non-hydrogen) atoms. The van der Waals surface area contributed by atoms with Gasteiger partial charge in [0.1, 0.15) is 5.75 Å². The van der Waals surface area contributed by atoms with Gasteiger partial charge in [-0.15, -0.1) is 0 Å². The van der Waals surface area contributed by atoms with Crippen LogP contribution in [0.1, 0.15) is 33.9 Å². The zero-order valence-corrected chi connectivity index (χ0v) is 18.5. The number of para-hydroxylation sites is 1. The molecule has 4 aromatic rings. The van der Waals surface area contributed by atoms with Gasteiger partial charge in [0.25, 0.3) is 5.91 Å². The molecule has 0 fully saturated rings. The highest BCUT2D eigenvalue weighted by Crippen LogP contribution is 2.45. The van der Waals surface area contributed by atoms with E-state index in [1.165, 1.54) is 7.11 Å². The van der Waals surface area contributed by atoms with Crippen LogP contribution in [0.2, 0.25) is 0 Å². The maximum atomic E-state index is 13.4. The molecule has 1 aliphatic rings. The van der Waals surface area contributed by atoms with E-state index in [1.807, 2.05) is 66.7 Å². The van der Waals surface area contributed by atoms with Crippen LogP contribution in [0.5, 0.6) is 5.75 Å². The summed E-state index contributed by atoms with van der Waals surface area (Å²) in [5.41, 5.74) is 5.46. The number of hydrogen-bond donors (Lipinski definition) is 1. The van der Waals surface area contributed by atoms with Crippen LogP contribution >= 0.6 is 0 Å². The second-order valence-corrected chi connectivity index (χ2v) is 8.01. The summed E-state index contributed by atoms with van der Waals surface area (Å²) in [6.07, 6.45) is 0.129. The second-order valence-electron chi connectivity index (χ2n) is 8.01. The van der Waals surface area contributed by atoms with Gasteiger partial charge in [-0.2, -0.15) is 0 Å². The van der Waals surface area contributed by atoms with Crippen molar-refractivity contribution >= 4 is 22.8 Å². The molecule has 0 spiro atoms. The molecule has 0 unspecified atom stereocenters. The predicted octanol–water partition coefficient (Wildman–Crippen LogP) is 4.95. The van der Waals surface area contributed by atoms with Gasteiger partial charge in [-0.25, -0.2) is 0 Å². The summed E-state index contributed by atoms with van der Waals surface area (Å²) in [7, 11) is 3.01. The molecule has 1 atom stereocenters. The number of carbonyl (C=O) groups excluding carboxylic acids is 2. The van der Waals surface area contributed by atoms with E-state index in [0.717, 1.165) is 39.0 Å². The number of aromatic amines is 1. The molecule has 1 aromatic heterocycles. The maximum Gasteiger partial charge on any atom is 0.307 e. The van der Waals surface area contributed by atoms with Crippen molar-refractivity contribution in [3.05, 3.63) is 89.5 Å². The van der Waals surface area contributed by atoms with Crippen molar-refractivity contribution in [1.29, 1.82) is 0 Å². The summed E-state index contributed by atoms with van der Waals surface area (Å²) in [4.78, 5) is 30.7. The summed E-state index contributed by atoms with van der Waals surface area (Å²) in [5.74, 6) is 0.327. The number of carbonyl (C=O) groups is 2.